The molecule has 0 radical (unpaired) electrons. The first-order valence-electron chi connectivity index (χ1n) is 12.0. The predicted octanol–water partition coefficient (Wildman–Crippen LogP) is 3.69. The number of nitrogens with zero attached hydrogens (tertiary/aromatic N) is 1. The second-order valence-corrected chi connectivity index (χ2v) is 9.54. The van der Waals surface area contributed by atoms with Crippen molar-refractivity contribution in [1.82, 2.24) is 15.5 Å². The molecule has 2 saturated heterocycles. The normalized spacial score (nSPS) is 26.1. The van der Waals surface area contributed by atoms with E-state index in [-0.39, 0.29) is 43.0 Å². The number of rotatable bonds is 8. The van der Waals surface area contributed by atoms with Crippen LogP contribution in [0.1, 0.15) is 66.9 Å². The van der Waals surface area contributed by atoms with E-state index >= 15 is 4.39 Å². The summed E-state index contributed by atoms with van der Waals surface area (Å²) in [6.07, 6.45) is 0.599. The maximum absolute atomic E-state index is 15.5. The van der Waals surface area contributed by atoms with Gasteiger partial charge in [0.15, 0.2) is 0 Å². The van der Waals surface area contributed by atoms with Crippen molar-refractivity contribution in [3.63, 3.8) is 0 Å². The number of alkyl halides is 2. The summed E-state index contributed by atoms with van der Waals surface area (Å²) in [5.41, 5.74) is 1.68. The molecule has 2 amide bonds. The van der Waals surface area contributed by atoms with Crippen molar-refractivity contribution >= 4 is 11.8 Å². The van der Waals surface area contributed by atoms with E-state index in [1.165, 1.54) is 4.90 Å². The largest absolute Gasteiger partial charge is 0.376 e. The summed E-state index contributed by atoms with van der Waals surface area (Å²) in [5.74, 6) is -1.06. The molecule has 2 unspecified atom stereocenters. The second-order valence-electron chi connectivity index (χ2n) is 9.54. The van der Waals surface area contributed by atoms with Gasteiger partial charge < -0.3 is 20.3 Å². The van der Waals surface area contributed by atoms with Gasteiger partial charge in [-0.3, -0.25) is 9.59 Å². The number of halogens is 3. The van der Waals surface area contributed by atoms with E-state index in [1.807, 2.05) is 6.92 Å². The maximum atomic E-state index is 15.5. The minimum absolute atomic E-state index is 0.0519. The molecule has 0 aliphatic carbocycles. The Labute approximate surface area is 197 Å². The number of amides is 2. The van der Waals surface area contributed by atoms with Crippen molar-refractivity contribution in [2.24, 2.45) is 0 Å². The van der Waals surface area contributed by atoms with Crippen LogP contribution in [0, 0.1) is 5.82 Å². The van der Waals surface area contributed by atoms with Gasteiger partial charge in [0.2, 0.25) is 12.3 Å². The summed E-state index contributed by atoms with van der Waals surface area (Å²) in [7, 11) is 0. The molecule has 1 aromatic carbocycles. The molecular weight excluding hydrogens is 447 g/mol. The standard InChI is InChI=1S/C25H32F3N3O3/c1-14(6-10-22(26)27)29-19-4-3-11-34-21(19)12-16-7-8-17-18(23(16)28)13-31(25(17)33)20-9-5-15(2)30-24(20)32/h7-8,14,19-22,29H,2-6,9-13H2,1H3,(H,30,32)/t14?,19-,20?,21+/m0/s1. The highest BCUT2D eigenvalue weighted by Crippen LogP contribution is 2.32. The van der Waals surface area contributed by atoms with E-state index in [9.17, 15) is 18.4 Å². The number of piperidine rings is 1. The SMILES string of the molecule is C=C1CCC(N2Cc3c(ccc(C[C@H]4OCCC[C@@H]4NC(C)CCC(F)F)c3F)C2=O)C(=O)N1. The molecule has 186 valence electrons. The van der Waals surface area contributed by atoms with Crippen molar-refractivity contribution in [3.8, 4) is 0 Å². The number of benzene rings is 1. The van der Waals surface area contributed by atoms with Crippen LogP contribution in [-0.4, -0.2) is 54.0 Å². The molecule has 0 spiro atoms. The quantitative estimate of drug-likeness (QED) is 0.597. The Balaban J connectivity index is 1.46. The first-order chi connectivity index (χ1) is 16.2. The number of ether oxygens (including phenoxy) is 1. The average Bonchev–Trinajstić information content (AvgIpc) is 3.12. The first-order valence-corrected chi connectivity index (χ1v) is 12.0. The summed E-state index contributed by atoms with van der Waals surface area (Å²) >= 11 is 0. The van der Waals surface area contributed by atoms with Gasteiger partial charge in [0.05, 0.1) is 12.6 Å². The van der Waals surface area contributed by atoms with Crippen molar-refractivity contribution in [1.29, 1.82) is 0 Å². The summed E-state index contributed by atoms with van der Waals surface area (Å²) in [4.78, 5) is 26.8. The van der Waals surface area contributed by atoms with Crippen molar-refractivity contribution in [3.05, 3.63) is 46.9 Å². The highest BCUT2D eigenvalue weighted by Gasteiger charge is 2.40. The lowest BCUT2D eigenvalue weighted by Gasteiger charge is -2.35. The van der Waals surface area contributed by atoms with Gasteiger partial charge in [0.25, 0.3) is 5.91 Å². The van der Waals surface area contributed by atoms with Gasteiger partial charge in [-0.25, -0.2) is 13.2 Å². The fourth-order valence-corrected chi connectivity index (χ4v) is 5.16. The van der Waals surface area contributed by atoms with Gasteiger partial charge in [-0.1, -0.05) is 12.6 Å². The molecule has 1 aromatic rings. The van der Waals surface area contributed by atoms with Crippen molar-refractivity contribution in [2.75, 3.05) is 6.61 Å². The summed E-state index contributed by atoms with van der Waals surface area (Å²) < 4.78 is 46.6. The Kier molecular flexibility index (Phi) is 7.62. The van der Waals surface area contributed by atoms with Crippen LogP contribution in [0.5, 0.6) is 0 Å². The van der Waals surface area contributed by atoms with Crippen LogP contribution in [0.15, 0.2) is 24.4 Å². The number of hydrogen-bond donors (Lipinski definition) is 2. The molecule has 9 heteroatoms. The molecular formula is C25H32F3N3O3. The third-order valence-electron chi connectivity index (χ3n) is 7.02. The Morgan fingerprint density at radius 3 is 2.79 bits per heavy atom. The van der Waals surface area contributed by atoms with Gasteiger partial charge in [0.1, 0.15) is 11.9 Å². The third kappa shape index (κ3) is 5.30. The van der Waals surface area contributed by atoms with E-state index in [1.54, 1.807) is 12.1 Å². The fourth-order valence-electron chi connectivity index (χ4n) is 5.16. The highest BCUT2D eigenvalue weighted by atomic mass is 19.3. The Morgan fingerprint density at radius 2 is 2.06 bits per heavy atom. The maximum Gasteiger partial charge on any atom is 0.255 e. The molecule has 0 bridgehead atoms. The first kappa shape index (κ1) is 24.7. The Hall–Kier alpha value is -2.39. The molecule has 0 saturated carbocycles. The van der Waals surface area contributed by atoms with E-state index in [0.717, 1.165) is 12.8 Å². The van der Waals surface area contributed by atoms with Crippen LogP contribution >= 0.6 is 0 Å². The lowest BCUT2D eigenvalue weighted by molar-refractivity contribution is -0.126. The zero-order valence-corrected chi connectivity index (χ0v) is 19.4. The lowest BCUT2D eigenvalue weighted by atomic mass is 9.93. The van der Waals surface area contributed by atoms with Gasteiger partial charge in [-0.05, 0) is 50.7 Å². The van der Waals surface area contributed by atoms with Crippen LogP contribution in [0.3, 0.4) is 0 Å². The number of allylic oxidation sites excluding steroid dienone is 1. The molecule has 3 aliphatic heterocycles. The summed E-state index contributed by atoms with van der Waals surface area (Å²) in [5, 5.41) is 6.07. The summed E-state index contributed by atoms with van der Waals surface area (Å²) in [6, 6.07) is 2.45. The monoisotopic (exact) mass is 479 g/mol. The number of nitrogens with one attached hydrogen (secondary N) is 2. The number of carbonyl (C=O) groups excluding carboxylic acids is 2. The fraction of sp³-hybridized carbons (Fsp3) is 0.600. The van der Waals surface area contributed by atoms with Crippen molar-refractivity contribution < 1.29 is 27.5 Å². The second kappa shape index (κ2) is 10.5. The minimum atomic E-state index is -2.33. The predicted molar refractivity (Wildman–Crippen MR) is 121 cm³/mol. The van der Waals surface area contributed by atoms with Gasteiger partial charge >= 0.3 is 0 Å². The Morgan fingerprint density at radius 1 is 1.26 bits per heavy atom. The van der Waals surface area contributed by atoms with Crippen molar-refractivity contribution in [2.45, 2.75) is 89.1 Å². The molecule has 3 heterocycles. The Bertz CT molecular complexity index is 955. The van der Waals surface area contributed by atoms with E-state index in [2.05, 4.69) is 17.2 Å². The van der Waals surface area contributed by atoms with Crippen LogP contribution in [-0.2, 0) is 22.5 Å². The lowest BCUT2D eigenvalue weighted by Crippen LogP contribution is -2.49. The minimum Gasteiger partial charge on any atom is -0.376 e. The van der Waals surface area contributed by atoms with E-state index in [4.69, 9.17) is 4.74 Å². The zero-order chi connectivity index (χ0) is 24.4. The molecule has 0 aromatic heterocycles. The van der Waals surface area contributed by atoms with E-state index < -0.39 is 18.3 Å². The molecule has 3 aliphatic rings. The molecule has 4 rings (SSSR count). The molecule has 6 nitrogen and oxygen atoms in total. The van der Waals surface area contributed by atoms with Crippen LogP contribution in [0.2, 0.25) is 0 Å². The van der Waals surface area contributed by atoms with Gasteiger partial charge in [-0.15, -0.1) is 0 Å². The van der Waals surface area contributed by atoms with Crippen LogP contribution < -0.4 is 10.6 Å². The summed E-state index contributed by atoms with van der Waals surface area (Å²) in [6.45, 7) is 6.25. The zero-order valence-electron chi connectivity index (χ0n) is 19.4. The molecule has 4 atom stereocenters. The topological polar surface area (TPSA) is 70.7 Å². The van der Waals surface area contributed by atoms with Crippen LogP contribution in [0.4, 0.5) is 13.2 Å². The third-order valence-corrected chi connectivity index (χ3v) is 7.02. The van der Waals surface area contributed by atoms with Gasteiger partial charge in [-0.2, -0.15) is 0 Å². The van der Waals surface area contributed by atoms with Crippen LogP contribution in [0.25, 0.3) is 0 Å². The van der Waals surface area contributed by atoms with Gasteiger partial charge in [0, 0.05) is 48.4 Å². The molecule has 2 N–H and O–H groups in total. The smallest absolute Gasteiger partial charge is 0.255 e. The molecule has 2 fully saturated rings. The average molecular weight is 480 g/mol. The highest BCUT2D eigenvalue weighted by molar-refractivity contribution is 6.01. The number of fused-ring (bicyclic) bond motifs is 1. The number of hydrogen-bond acceptors (Lipinski definition) is 4. The van der Waals surface area contributed by atoms with E-state index in [0.29, 0.717) is 54.7 Å². The number of carbonyl (C=O) groups is 2. The molecule has 34 heavy (non-hydrogen) atoms.